The predicted octanol–water partition coefficient (Wildman–Crippen LogP) is 4.36. The van der Waals surface area contributed by atoms with Gasteiger partial charge in [0.2, 0.25) is 0 Å². The van der Waals surface area contributed by atoms with Crippen molar-refractivity contribution in [2.45, 2.75) is 96.6 Å². The highest BCUT2D eigenvalue weighted by molar-refractivity contribution is 7.00. The van der Waals surface area contributed by atoms with Crippen LogP contribution in [0.2, 0.25) is 10.1 Å². The summed E-state index contributed by atoms with van der Waals surface area (Å²) in [6, 6.07) is 51.0. The summed E-state index contributed by atoms with van der Waals surface area (Å²) in [6.45, 7) is 28.1. The summed E-state index contributed by atoms with van der Waals surface area (Å²) >= 11 is 0. The Morgan fingerprint density at radius 1 is 0.667 bits per heavy atom. The Morgan fingerprint density at radius 2 is 1.07 bits per heavy atom. The summed E-state index contributed by atoms with van der Waals surface area (Å²) in [5.41, 5.74) is 15.3. The Bertz CT molecular complexity index is 2700. The van der Waals surface area contributed by atoms with E-state index in [4.69, 9.17) is 39.9 Å². The van der Waals surface area contributed by atoms with E-state index in [0.717, 1.165) is 24.0 Å². The molecule has 0 amide bonds. The van der Waals surface area contributed by atoms with Gasteiger partial charge in [-0.3, -0.25) is 15.3 Å². The number of carboxylic acid groups (broad SMARTS) is 1. The van der Waals surface area contributed by atoms with E-state index >= 15 is 0 Å². The maximum atomic E-state index is 8.89. The van der Waals surface area contributed by atoms with Crippen LogP contribution in [0, 0.1) is 0 Å². The second kappa shape index (κ2) is 23.5. The molecule has 0 aliphatic carbocycles. The summed E-state index contributed by atoms with van der Waals surface area (Å²) in [4.78, 5) is 17.4. The number of hydrogen-bond donors (Lipinski definition) is 5. The first-order valence-electron chi connectivity index (χ1n) is 24.5. The number of nitrogens with one attached hydrogen (secondary N) is 3. The zero-order valence-electron chi connectivity index (χ0n) is 43.4. The first-order chi connectivity index (χ1) is 34.2. The molecule has 0 fully saturated rings. The van der Waals surface area contributed by atoms with E-state index in [0.29, 0.717) is 37.6 Å². The van der Waals surface area contributed by atoms with Crippen LogP contribution in [0.5, 0.6) is 0 Å². The van der Waals surface area contributed by atoms with Crippen molar-refractivity contribution in [3.8, 4) is 0 Å². The molecule has 4 aromatic carbocycles. The minimum absolute atomic E-state index is 0.0649. The minimum Gasteiger partial charge on any atom is -0.550 e. The molecule has 2 aromatic heterocycles. The molecule has 6 aromatic rings. The molecule has 0 unspecified atom stereocenters. The van der Waals surface area contributed by atoms with Crippen molar-refractivity contribution in [3.63, 3.8) is 0 Å². The lowest BCUT2D eigenvalue weighted by Crippen LogP contribution is -2.88. The number of nitrogen functional groups attached to an aromatic ring is 1. The molecular weight excluding hydrogens is 933 g/mol. The van der Waals surface area contributed by atoms with Crippen LogP contribution < -0.4 is 52.9 Å². The third-order valence-electron chi connectivity index (χ3n) is 12.9. The number of hydrogen-bond acceptors (Lipinski definition) is 10. The molecule has 72 heavy (non-hydrogen) atoms. The van der Waals surface area contributed by atoms with Gasteiger partial charge < -0.3 is 39.9 Å². The minimum atomic E-state index is -2.69. The van der Waals surface area contributed by atoms with Crippen LogP contribution in [-0.4, -0.2) is 75.6 Å². The molecule has 0 radical (unpaired) electrons. The number of aliphatic imine (C=N–C) groups is 1. The van der Waals surface area contributed by atoms with Crippen LogP contribution in [0.25, 0.3) is 0 Å². The Labute approximate surface area is 428 Å². The number of rotatable bonds is 15. The molecule has 13 nitrogen and oxygen atoms in total. The zero-order chi connectivity index (χ0) is 52.3. The van der Waals surface area contributed by atoms with Gasteiger partial charge in [-0.2, -0.15) is 0 Å². The van der Waals surface area contributed by atoms with Crippen molar-refractivity contribution in [1.82, 2.24) is 19.8 Å². The zero-order valence-corrected chi connectivity index (χ0v) is 45.4. The lowest BCUT2D eigenvalue weighted by molar-refractivity contribution is -0.518. The predicted molar refractivity (Wildman–Crippen MR) is 294 cm³/mol. The summed E-state index contributed by atoms with van der Waals surface area (Å²) in [6.07, 6.45) is 3.93. The third kappa shape index (κ3) is 12.0. The fraction of sp³-hybridized carbons (Fsp3) is 0.316. The van der Waals surface area contributed by atoms with Crippen LogP contribution in [0.4, 0.5) is 0 Å². The van der Waals surface area contributed by atoms with Crippen molar-refractivity contribution in [3.05, 3.63) is 194 Å². The highest BCUT2D eigenvalue weighted by Gasteiger charge is 2.52. The monoisotopic (exact) mass is 1010 g/mol. The van der Waals surface area contributed by atoms with Gasteiger partial charge in [0.05, 0.1) is 43.6 Å². The lowest BCUT2D eigenvalue weighted by atomic mass is 10.0. The molecule has 0 spiro atoms. The number of aromatic nitrogens is 2. The number of benzene rings is 4. The van der Waals surface area contributed by atoms with Gasteiger partial charge in [-0.1, -0.05) is 176 Å². The maximum absolute atomic E-state index is 8.89. The van der Waals surface area contributed by atoms with E-state index in [-0.39, 0.29) is 34.2 Å². The number of nitrogens with zero attached hydrogens (tertiary/aromatic N) is 3. The Morgan fingerprint density at radius 3 is 1.46 bits per heavy atom. The molecular formula is C57H74N8O5Si2. The Hall–Kier alpha value is -6.92. The highest BCUT2D eigenvalue weighted by atomic mass is 28.4. The van der Waals surface area contributed by atoms with E-state index in [1.165, 1.54) is 20.7 Å². The van der Waals surface area contributed by atoms with Crippen LogP contribution in [0.15, 0.2) is 188 Å². The number of carbonyl (C=O) groups is 1. The molecule has 8 rings (SSSR count). The topological polar surface area (TPSA) is 180 Å². The molecule has 4 heterocycles. The van der Waals surface area contributed by atoms with Gasteiger partial charge in [-0.25, -0.2) is 9.56 Å². The number of allylic oxidation sites excluding steroid dienone is 1. The van der Waals surface area contributed by atoms with Crippen molar-refractivity contribution >= 4 is 55.3 Å². The summed E-state index contributed by atoms with van der Waals surface area (Å²) in [7, 11) is -5.36. The van der Waals surface area contributed by atoms with Crippen molar-refractivity contribution < 1.29 is 28.5 Å². The quantitative estimate of drug-likeness (QED) is 0.0936. The smallest absolute Gasteiger partial charge is 0.353 e. The van der Waals surface area contributed by atoms with E-state index < -0.39 is 22.6 Å². The number of carbonyl (C=O) groups excluding carboxylic acids is 1. The van der Waals surface area contributed by atoms with Gasteiger partial charge in [-0.15, -0.1) is 0 Å². The first-order valence-corrected chi connectivity index (χ1v) is 28.3. The maximum Gasteiger partial charge on any atom is 0.353 e. The molecule has 380 valence electrons. The Balaban J connectivity index is 0.000000219. The van der Waals surface area contributed by atoms with Crippen molar-refractivity contribution in [1.29, 1.82) is 0 Å². The second-order valence-electron chi connectivity index (χ2n) is 20.1. The van der Waals surface area contributed by atoms with E-state index in [9.17, 15) is 0 Å². The van der Waals surface area contributed by atoms with Crippen LogP contribution in [0.3, 0.4) is 0 Å². The number of aliphatic carboxylic acids is 1. The first kappa shape index (κ1) is 54.4. The number of carboxylic acids is 1. The van der Waals surface area contributed by atoms with Crippen LogP contribution in [-0.2, 0) is 18.4 Å². The summed E-state index contributed by atoms with van der Waals surface area (Å²) in [5, 5.41) is 20.5. The molecule has 0 saturated carbocycles. The second-order valence-corrected chi connectivity index (χ2v) is 28.8. The highest BCUT2D eigenvalue weighted by Crippen LogP contribution is 2.39. The van der Waals surface area contributed by atoms with Gasteiger partial charge in [0.15, 0.2) is 0 Å². The van der Waals surface area contributed by atoms with Crippen molar-refractivity contribution in [2.24, 2.45) is 16.5 Å². The SMILES string of the molecule is C=C(C)N[C@@H]1c2cccn2C(OCC)=N[C@H]1CO[Si](c1ccccc1)(c1ccccc1)C(C)(C)C.C=C(N)N[C@@H]1c2cccn2C(N)=[NH+][C@H]1CO[Si](c1ccccc1)(c1ccccc1)C(C)(C)C.CC(=O)[O-]. The standard InChI is InChI=1S/C29H37N3O2Si.C26H33N5OSi.C2H4O2/c1-7-33-28-31-25(27(30-22(2)3)26-19-14-20-32(26)28)21-34-35(29(4,5)6,23-15-10-8-11-16-23)24-17-12-9-13-18-24;1-19(27)29-24-22(30-25(28)31-17-11-16-23(24)31)18-32-33(26(2,3)4,20-12-7-5-8-13-20)21-14-9-6-10-15-21;1-2(3)4/h8-20,25,27,30H,2,7,21H2,1,3-6H3;5-17,22,24,29H,1,18,27H2,2-4H3,(H2,28,30);1H3,(H,3,4)/t25-,27-;22-,24-;/m00./s1. The van der Waals surface area contributed by atoms with Gasteiger partial charge in [0.1, 0.15) is 23.8 Å². The van der Waals surface area contributed by atoms with Crippen molar-refractivity contribution in [2.75, 3.05) is 19.8 Å². The van der Waals surface area contributed by atoms with E-state index in [1.807, 2.05) is 53.6 Å². The molecule has 2 aliphatic heterocycles. The molecule has 0 bridgehead atoms. The van der Waals surface area contributed by atoms with Gasteiger partial charge in [-0.05, 0) is 75.9 Å². The average molecular weight is 1010 g/mol. The number of ether oxygens (including phenoxy) is 1. The molecule has 2 aliphatic rings. The average Bonchev–Trinajstić information content (AvgIpc) is 4.04. The van der Waals surface area contributed by atoms with Crippen LogP contribution in [0.1, 0.15) is 85.8 Å². The summed E-state index contributed by atoms with van der Waals surface area (Å²) in [5.74, 6) is -0.0998. The third-order valence-corrected chi connectivity index (χ3v) is 22.9. The van der Waals surface area contributed by atoms with Gasteiger partial charge in [0, 0.05) is 17.9 Å². The van der Waals surface area contributed by atoms with Crippen LogP contribution >= 0.6 is 0 Å². The molecule has 0 saturated heterocycles. The number of nitrogens with two attached hydrogens (primary N) is 2. The van der Waals surface area contributed by atoms with Gasteiger partial charge >= 0.3 is 5.96 Å². The fourth-order valence-corrected chi connectivity index (χ4v) is 19.1. The number of fused-ring (bicyclic) bond motifs is 2. The Kier molecular flexibility index (Phi) is 17.8. The van der Waals surface area contributed by atoms with E-state index in [1.54, 1.807) is 0 Å². The lowest BCUT2D eigenvalue weighted by Gasteiger charge is -2.44. The summed E-state index contributed by atoms with van der Waals surface area (Å²) < 4.78 is 24.3. The molecule has 4 atom stereocenters. The molecule has 15 heteroatoms. The van der Waals surface area contributed by atoms with Gasteiger partial charge in [0.25, 0.3) is 22.7 Å². The fourth-order valence-electron chi connectivity index (χ4n) is 9.98. The van der Waals surface area contributed by atoms with E-state index in [2.05, 4.69) is 198 Å². The normalized spacial score (nSPS) is 17.5. The largest absolute Gasteiger partial charge is 0.550 e. The molecule has 7 N–H and O–H groups in total.